The zero-order valence-electron chi connectivity index (χ0n) is 17.4. The molecule has 2 unspecified atom stereocenters. The molecule has 0 aromatic carbocycles. The van der Waals surface area contributed by atoms with Gasteiger partial charge in [0, 0.05) is 12.6 Å². The summed E-state index contributed by atoms with van der Waals surface area (Å²) in [5.41, 5.74) is 4.45. The molecule has 1 aromatic heterocycles. The highest BCUT2D eigenvalue weighted by atomic mass is 31.3. The molecule has 0 bridgehead atoms. The van der Waals surface area contributed by atoms with E-state index in [-0.39, 0.29) is 12.2 Å². The lowest BCUT2D eigenvalue weighted by Gasteiger charge is -2.39. The summed E-state index contributed by atoms with van der Waals surface area (Å²) in [5.74, 6) is -0.111. The lowest BCUT2D eigenvalue weighted by molar-refractivity contribution is -0.281. The van der Waals surface area contributed by atoms with Crippen molar-refractivity contribution in [2.75, 3.05) is 12.3 Å². The minimum absolute atomic E-state index is 0.111. The number of aliphatic hydroxyl groups is 4. The molecule has 17 nitrogen and oxygen atoms in total. The number of phosphoric ester groups is 2. The molecule has 194 valence electrons. The quantitative estimate of drug-likeness (QED) is 0.202. The number of rotatable bonds is 8. The highest BCUT2D eigenvalue weighted by Gasteiger charge is 2.45. The standard InChI is InChI=1S/C15H25N3O14P2/c1-6-7(19)4-8(20)14(29-6)31-34(26,27)32-33(24,25)28-5-9-11(21)12(22)13(30-9)18-3-2-10(16)17-15(18)23/h2-3,6-9,11-14,19-22H,4-5H2,1H3,(H,24,25)(H,26,27)(H2,16,17,23)/p-2/t6-,7+,8+,9+,11+,12+,13+,14+/m0/s1. The maximum absolute atomic E-state index is 12.0. The average molecular weight is 531 g/mol. The number of nitrogen functional groups attached to an aromatic ring is 1. The third kappa shape index (κ3) is 6.47. The van der Waals surface area contributed by atoms with Gasteiger partial charge in [0.25, 0.3) is 15.6 Å². The molecule has 3 rings (SSSR count). The molecule has 0 radical (unpaired) electrons. The van der Waals surface area contributed by atoms with Gasteiger partial charge < -0.3 is 49.9 Å². The zero-order chi connectivity index (χ0) is 25.4. The number of phosphoric acid groups is 2. The molecule has 19 heteroatoms. The number of aromatic nitrogens is 2. The molecule has 0 aliphatic carbocycles. The van der Waals surface area contributed by atoms with Gasteiger partial charge in [0.05, 0.1) is 18.8 Å². The van der Waals surface area contributed by atoms with Crippen molar-refractivity contribution < 1.29 is 62.2 Å². The molecule has 3 heterocycles. The Morgan fingerprint density at radius 2 is 1.85 bits per heavy atom. The van der Waals surface area contributed by atoms with Crippen molar-refractivity contribution in [3.63, 3.8) is 0 Å². The second-order valence-electron chi connectivity index (χ2n) is 7.55. The van der Waals surface area contributed by atoms with Crippen molar-refractivity contribution in [3.05, 3.63) is 22.7 Å². The number of anilines is 1. The van der Waals surface area contributed by atoms with Gasteiger partial charge in [-0.15, -0.1) is 0 Å². The van der Waals surface area contributed by atoms with E-state index in [4.69, 9.17) is 15.2 Å². The number of hydrogen-bond acceptors (Lipinski definition) is 16. The van der Waals surface area contributed by atoms with E-state index in [1.165, 1.54) is 13.0 Å². The van der Waals surface area contributed by atoms with E-state index in [0.29, 0.717) is 0 Å². The van der Waals surface area contributed by atoms with Gasteiger partial charge in [-0.2, -0.15) is 4.98 Å². The van der Waals surface area contributed by atoms with Crippen molar-refractivity contribution in [3.8, 4) is 0 Å². The molecular formula is C15H23N3O14P2-2. The van der Waals surface area contributed by atoms with Gasteiger partial charge in [-0.25, -0.2) is 9.11 Å². The van der Waals surface area contributed by atoms with Crippen LogP contribution in [0.15, 0.2) is 17.1 Å². The molecule has 2 fully saturated rings. The van der Waals surface area contributed by atoms with E-state index >= 15 is 0 Å². The number of nitrogens with zero attached hydrogens (tertiary/aromatic N) is 2. The maximum atomic E-state index is 12.0. The topological polar surface area (TPSA) is 268 Å². The van der Waals surface area contributed by atoms with Crippen molar-refractivity contribution in [2.45, 2.75) is 62.5 Å². The molecule has 1 aromatic rings. The van der Waals surface area contributed by atoms with Crippen LogP contribution >= 0.6 is 15.6 Å². The van der Waals surface area contributed by atoms with Crippen LogP contribution in [0.3, 0.4) is 0 Å². The summed E-state index contributed by atoms with van der Waals surface area (Å²) in [6.45, 7) is 0.354. The molecule has 2 saturated heterocycles. The minimum Gasteiger partial charge on any atom is -0.756 e. The summed E-state index contributed by atoms with van der Waals surface area (Å²) in [6.07, 6.45) is -11.1. The van der Waals surface area contributed by atoms with Gasteiger partial charge in [0.1, 0.15) is 30.2 Å². The first-order valence-corrected chi connectivity index (χ1v) is 12.7. The number of ether oxygens (including phenoxy) is 2. The normalized spacial score (nSPS) is 37.7. The maximum Gasteiger partial charge on any atom is 0.351 e. The first-order valence-electron chi connectivity index (χ1n) is 9.73. The Morgan fingerprint density at radius 1 is 1.18 bits per heavy atom. The fourth-order valence-electron chi connectivity index (χ4n) is 3.21. The highest BCUT2D eigenvalue weighted by Crippen LogP contribution is 2.57. The Hall–Kier alpha value is -1.30. The van der Waals surface area contributed by atoms with Crippen LogP contribution in [0.2, 0.25) is 0 Å². The van der Waals surface area contributed by atoms with Crippen LogP contribution in [-0.2, 0) is 32.0 Å². The third-order valence-corrected chi connectivity index (χ3v) is 7.51. The summed E-state index contributed by atoms with van der Waals surface area (Å²) in [5, 5.41) is 39.6. The second kappa shape index (κ2) is 10.4. The molecule has 0 spiro atoms. The first kappa shape index (κ1) is 27.3. The van der Waals surface area contributed by atoms with Gasteiger partial charge >= 0.3 is 5.69 Å². The van der Waals surface area contributed by atoms with Crippen molar-refractivity contribution in [1.29, 1.82) is 0 Å². The van der Waals surface area contributed by atoms with Crippen molar-refractivity contribution in [1.82, 2.24) is 9.55 Å². The van der Waals surface area contributed by atoms with E-state index in [1.54, 1.807) is 0 Å². The first-order chi connectivity index (χ1) is 15.7. The summed E-state index contributed by atoms with van der Waals surface area (Å²) in [4.78, 5) is 39.3. The Morgan fingerprint density at radius 3 is 2.50 bits per heavy atom. The third-order valence-electron chi connectivity index (χ3n) is 4.98. The molecular weight excluding hydrogens is 508 g/mol. The van der Waals surface area contributed by atoms with Crippen LogP contribution in [0.5, 0.6) is 0 Å². The number of aliphatic hydroxyl groups excluding tert-OH is 4. The van der Waals surface area contributed by atoms with Gasteiger partial charge in [0.2, 0.25) is 0 Å². The van der Waals surface area contributed by atoms with Crippen molar-refractivity contribution in [2.24, 2.45) is 0 Å². The number of nitrogens with two attached hydrogens (primary N) is 1. The predicted octanol–water partition coefficient (Wildman–Crippen LogP) is -3.71. The van der Waals surface area contributed by atoms with Gasteiger partial charge in [0.15, 0.2) is 12.5 Å². The number of hydrogen-bond donors (Lipinski definition) is 5. The summed E-state index contributed by atoms with van der Waals surface area (Å²) < 4.78 is 47.7. The van der Waals surface area contributed by atoms with E-state index in [0.717, 1.165) is 10.8 Å². The Bertz CT molecular complexity index is 1020. The van der Waals surface area contributed by atoms with Gasteiger partial charge in [-0.1, -0.05) is 0 Å². The molecule has 34 heavy (non-hydrogen) atoms. The molecule has 10 atom stereocenters. The van der Waals surface area contributed by atoms with Crippen LogP contribution in [0, 0.1) is 0 Å². The molecule has 0 amide bonds. The fraction of sp³-hybridized carbons (Fsp3) is 0.733. The average Bonchev–Trinajstić information content (AvgIpc) is 2.98. The van der Waals surface area contributed by atoms with Crippen LogP contribution in [0.1, 0.15) is 19.6 Å². The summed E-state index contributed by atoms with van der Waals surface area (Å²) in [7, 11) is -11.3. The summed E-state index contributed by atoms with van der Waals surface area (Å²) >= 11 is 0. The van der Waals surface area contributed by atoms with Crippen LogP contribution in [-0.4, -0.2) is 79.5 Å². The SMILES string of the molecule is C[C@@H]1O[C@H](OP(=O)([O-])OP(=O)([O-])OC[C@H]2O[C@@H](n3ccc(N)nc3=O)[C@H](O)[C@@H]2O)[C@H](O)C[C@H]1O. The van der Waals surface area contributed by atoms with E-state index in [9.17, 15) is 44.1 Å². The lowest BCUT2D eigenvalue weighted by atomic mass is 10.0. The van der Waals surface area contributed by atoms with E-state index in [1.807, 2.05) is 0 Å². The smallest absolute Gasteiger partial charge is 0.351 e. The molecule has 2 aliphatic rings. The van der Waals surface area contributed by atoms with E-state index in [2.05, 4.69) is 18.3 Å². The highest BCUT2D eigenvalue weighted by molar-refractivity contribution is 7.59. The Labute approximate surface area is 191 Å². The summed E-state index contributed by atoms with van der Waals surface area (Å²) in [6, 6.07) is 1.22. The predicted molar refractivity (Wildman–Crippen MR) is 103 cm³/mol. The molecule has 0 saturated carbocycles. The Balaban J connectivity index is 1.59. The zero-order valence-corrected chi connectivity index (χ0v) is 19.2. The lowest BCUT2D eigenvalue weighted by Crippen LogP contribution is -2.47. The van der Waals surface area contributed by atoms with Crippen LogP contribution in [0.4, 0.5) is 5.82 Å². The Kier molecular flexibility index (Phi) is 8.32. The largest absolute Gasteiger partial charge is 0.756 e. The van der Waals surface area contributed by atoms with E-state index < -0.39 is 77.1 Å². The van der Waals surface area contributed by atoms with Crippen molar-refractivity contribution >= 4 is 21.5 Å². The second-order valence-corrected chi connectivity index (χ2v) is 10.5. The van der Waals surface area contributed by atoms with Gasteiger partial charge in [-0.05, 0) is 13.0 Å². The van der Waals surface area contributed by atoms with Crippen LogP contribution < -0.4 is 21.2 Å². The van der Waals surface area contributed by atoms with Crippen LogP contribution in [0.25, 0.3) is 0 Å². The monoisotopic (exact) mass is 531 g/mol. The molecule has 2 aliphatic heterocycles. The molecule has 6 N–H and O–H groups in total. The minimum atomic E-state index is -5.66. The fourth-order valence-corrected chi connectivity index (χ4v) is 5.31. The van der Waals surface area contributed by atoms with Gasteiger partial charge in [-0.3, -0.25) is 18.2 Å².